The molecular formula is C24H41BrO2. The number of phenols is 1. The second-order valence-electron chi connectivity index (χ2n) is 7.82. The van der Waals surface area contributed by atoms with Crippen molar-refractivity contribution in [1.82, 2.24) is 0 Å². The molecule has 1 rings (SSSR count). The fraction of sp³-hybridized carbons (Fsp3) is 0.750. The third-order valence-electron chi connectivity index (χ3n) is 5.39. The summed E-state index contributed by atoms with van der Waals surface area (Å²) in [6, 6.07) is 3.81. The molecule has 0 saturated heterocycles. The summed E-state index contributed by atoms with van der Waals surface area (Å²) in [7, 11) is 1.60. The van der Waals surface area contributed by atoms with E-state index in [1.807, 2.05) is 12.1 Å². The summed E-state index contributed by atoms with van der Waals surface area (Å²) in [5.74, 6) is 0.853. The average Bonchev–Trinajstić information content (AvgIpc) is 2.67. The van der Waals surface area contributed by atoms with Crippen LogP contribution in [0.1, 0.15) is 109 Å². The first-order valence-electron chi connectivity index (χ1n) is 11.2. The van der Waals surface area contributed by atoms with Crippen molar-refractivity contribution in [2.45, 2.75) is 110 Å². The maximum Gasteiger partial charge on any atom is 0.161 e. The fourth-order valence-electron chi connectivity index (χ4n) is 3.66. The van der Waals surface area contributed by atoms with Gasteiger partial charge in [0.15, 0.2) is 11.5 Å². The Kier molecular flexibility index (Phi) is 14.7. The molecule has 3 heteroatoms. The molecule has 0 aliphatic carbocycles. The Morgan fingerprint density at radius 2 is 1.19 bits per heavy atom. The number of halogens is 1. The van der Waals surface area contributed by atoms with Crippen molar-refractivity contribution >= 4 is 15.9 Å². The minimum Gasteiger partial charge on any atom is -0.504 e. The van der Waals surface area contributed by atoms with E-state index in [0.29, 0.717) is 11.5 Å². The molecule has 27 heavy (non-hydrogen) atoms. The Bertz CT molecular complexity index is 488. The summed E-state index contributed by atoms with van der Waals surface area (Å²) >= 11 is 3.48. The van der Waals surface area contributed by atoms with Crippen molar-refractivity contribution in [1.29, 1.82) is 0 Å². The molecule has 0 heterocycles. The molecule has 0 atom stereocenters. The molecule has 0 amide bonds. The van der Waals surface area contributed by atoms with Gasteiger partial charge >= 0.3 is 0 Å². The lowest BCUT2D eigenvalue weighted by atomic mass is 10.0. The summed E-state index contributed by atoms with van der Waals surface area (Å²) in [5, 5.41) is 10.2. The van der Waals surface area contributed by atoms with Crippen LogP contribution >= 0.6 is 15.9 Å². The lowest BCUT2D eigenvalue weighted by Crippen LogP contribution is -1.91. The average molecular weight is 441 g/mol. The Morgan fingerprint density at radius 1 is 0.741 bits per heavy atom. The maximum absolute atomic E-state index is 10.2. The van der Waals surface area contributed by atoms with E-state index in [9.17, 15) is 5.11 Å². The molecule has 0 radical (unpaired) electrons. The molecule has 156 valence electrons. The highest BCUT2D eigenvalue weighted by molar-refractivity contribution is 9.10. The van der Waals surface area contributed by atoms with E-state index >= 15 is 0 Å². The third kappa shape index (κ3) is 11.7. The Morgan fingerprint density at radius 3 is 1.63 bits per heavy atom. The minimum atomic E-state index is 0.297. The third-order valence-corrected chi connectivity index (χ3v) is 5.85. The van der Waals surface area contributed by atoms with Crippen LogP contribution in [0.15, 0.2) is 16.6 Å². The summed E-state index contributed by atoms with van der Waals surface area (Å²) in [6.07, 6.45) is 21.5. The van der Waals surface area contributed by atoms with Crippen LogP contribution in [-0.4, -0.2) is 12.2 Å². The molecular weight excluding hydrogens is 400 g/mol. The van der Waals surface area contributed by atoms with Gasteiger partial charge in [-0.3, -0.25) is 0 Å². The molecule has 0 saturated carbocycles. The highest BCUT2D eigenvalue weighted by Gasteiger charge is 2.09. The second-order valence-corrected chi connectivity index (χ2v) is 8.73. The van der Waals surface area contributed by atoms with Gasteiger partial charge < -0.3 is 9.84 Å². The zero-order valence-corrected chi connectivity index (χ0v) is 19.3. The van der Waals surface area contributed by atoms with Gasteiger partial charge in [-0.1, -0.05) is 113 Å². The van der Waals surface area contributed by atoms with Gasteiger partial charge in [-0.05, 0) is 30.5 Å². The van der Waals surface area contributed by atoms with Crippen LogP contribution in [-0.2, 0) is 6.42 Å². The number of aryl methyl sites for hydroxylation is 1. The van der Waals surface area contributed by atoms with Gasteiger partial charge in [0, 0.05) is 4.47 Å². The van der Waals surface area contributed by atoms with Gasteiger partial charge in [0.25, 0.3) is 0 Å². The number of ether oxygens (including phenoxy) is 1. The normalized spacial score (nSPS) is 11.1. The minimum absolute atomic E-state index is 0.297. The number of aromatic hydroxyl groups is 1. The monoisotopic (exact) mass is 440 g/mol. The summed E-state index contributed by atoms with van der Waals surface area (Å²) < 4.78 is 6.18. The number of unbranched alkanes of at least 4 members (excludes halogenated alkanes) is 14. The Labute approximate surface area is 176 Å². The zero-order chi connectivity index (χ0) is 19.7. The quantitative estimate of drug-likeness (QED) is 0.245. The number of phenolic OH excluding ortho intramolecular Hbond substituents is 1. The summed E-state index contributed by atoms with van der Waals surface area (Å²) in [6.45, 7) is 2.28. The van der Waals surface area contributed by atoms with Crippen LogP contribution in [0.4, 0.5) is 0 Å². The summed E-state index contributed by atoms with van der Waals surface area (Å²) in [5.41, 5.74) is 0.982. The highest BCUT2D eigenvalue weighted by Crippen LogP contribution is 2.34. The van der Waals surface area contributed by atoms with Gasteiger partial charge in [-0.2, -0.15) is 0 Å². The number of hydrogen-bond donors (Lipinski definition) is 1. The van der Waals surface area contributed by atoms with Crippen LogP contribution in [0.3, 0.4) is 0 Å². The van der Waals surface area contributed by atoms with E-state index in [4.69, 9.17) is 4.74 Å². The van der Waals surface area contributed by atoms with E-state index in [-0.39, 0.29) is 0 Å². The first kappa shape index (κ1) is 24.3. The van der Waals surface area contributed by atoms with Crippen molar-refractivity contribution in [3.63, 3.8) is 0 Å². The standard InChI is InChI=1S/C24H41BrO2/c1-3-4-5-6-7-8-9-10-11-12-13-14-15-16-17-18-21-19-22(25)20-23(27-2)24(21)26/h19-20,26H,3-18H2,1-2H3. The molecule has 0 bridgehead atoms. The summed E-state index contributed by atoms with van der Waals surface area (Å²) in [4.78, 5) is 0. The van der Waals surface area contributed by atoms with Gasteiger partial charge in [0.2, 0.25) is 0 Å². The first-order chi connectivity index (χ1) is 13.2. The smallest absolute Gasteiger partial charge is 0.161 e. The largest absolute Gasteiger partial charge is 0.504 e. The number of methoxy groups -OCH3 is 1. The number of rotatable bonds is 17. The molecule has 1 aromatic carbocycles. The van der Waals surface area contributed by atoms with Crippen molar-refractivity contribution in [2.75, 3.05) is 7.11 Å². The first-order valence-corrected chi connectivity index (χ1v) is 12.0. The van der Waals surface area contributed by atoms with E-state index in [2.05, 4.69) is 22.9 Å². The van der Waals surface area contributed by atoms with Gasteiger partial charge in [0.05, 0.1) is 7.11 Å². The fourth-order valence-corrected chi connectivity index (χ4v) is 4.15. The predicted molar refractivity (Wildman–Crippen MR) is 121 cm³/mol. The molecule has 0 fully saturated rings. The number of hydrogen-bond acceptors (Lipinski definition) is 2. The number of benzene rings is 1. The van der Waals surface area contributed by atoms with E-state index < -0.39 is 0 Å². The van der Waals surface area contributed by atoms with Crippen LogP contribution < -0.4 is 4.74 Å². The zero-order valence-electron chi connectivity index (χ0n) is 17.7. The lowest BCUT2D eigenvalue weighted by Gasteiger charge is -2.10. The molecule has 1 aromatic rings. The van der Waals surface area contributed by atoms with Crippen molar-refractivity contribution in [3.8, 4) is 11.5 Å². The predicted octanol–water partition coefficient (Wildman–Crippen LogP) is 8.58. The van der Waals surface area contributed by atoms with Crippen LogP contribution in [0.2, 0.25) is 0 Å². The van der Waals surface area contributed by atoms with Gasteiger partial charge in [0.1, 0.15) is 0 Å². The molecule has 0 aromatic heterocycles. The maximum atomic E-state index is 10.2. The molecule has 0 unspecified atom stereocenters. The van der Waals surface area contributed by atoms with Crippen molar-refractivity contribution < 1.29 is 9.84 Å². The lowest BCUT2D eigenvalue weighted by molar-refractivity contribution is 0.370. The van der Waals surface area contributed by atoms with Gasteiger partial charge in [-0.25, -0.2) is 0 Å². The van der Waals surface area contributed by atoms with E-state index in [0.717, 1.165) is 22.9 Å². The van der Waals surface area contributed by atoms with Crippen LogP contribution in [0.5, 0.6) is 11.5 Å². The Balaban J connectivity index is 1.93. The van der Waals surface area contributed by atoms with Crippen molar-refractivity contribution in [2.24, 2.45) is 0 Å². The van der Waals surface area contributed by atoms with Crippen molar-refractivity contribution in [3.05, 3.63) is 22.2 Å². The molecule has 0 aliphatic rings. The van der Waals surface area contributed by atoms with E-state index in [1.165, 1.54) is 89.9 Å². The molecule has 2 nitrogen and oxygen atoms in total. The molecule has 1 N–H and O–H groups in total. The van der Waals surface area contributed by atoms with E-state index in [1.54, 1.807) is 7.11 Å². The van der Waals surface area contributed by atoms with Crippen LogP contribution in [0.25, 0.3) is 0 Å². The SMILES string of the molecule is CCCCCCCCCCCCCCCCCc1cc(Br)cc(OC)c1O. The Hall–Kier alpha value is -0.700. The van der Waals surface area contributed by atoms with Gasteiger partial charge in [-0.15, -0.1) is 0 Å². The van der Waals surface area contributed by atoms with Crippen LogP contribution in [0, 0.1) is 0 Å². The molecule has 0 spiro atoms. The molecule has 0 aliphatic heterocycles. The topological polar surface area (TPSA) is 29.5 Å². The highest BCUT2D eigenvalue weighted by atomic mass is 79.9. The second kappa shape index (κ2) is 16.3.